The second kappa shape index (κ2) is 6.47. The van der Waals surface area contributed by atoms with E-state index in [1.165, 1.54) is 0 Å². The van der Waals surface area contributed by atoms with Crippen molar-refractivity contribution in [3.05, 3.63) is 60.0 Å². The molecule has 6 heteroatoms. The van der Waals surface area contributed by atoms with Crippen LogP contribution in [0.4, 0.5) is 0 Å². The molecule has 1 aliphatic rings. The van der Waals surface area contributed by atoms with Crippen LogP contribution in [0.3, 0.4) is 0 Å². The third-order valence-corrected chi connectivity index (χ3v) is 4.58. The fourth-order valence-electron chi connectivity index (χ4n) is 3.19. The Labute approximate surface area is 146 Å². The largest absolute Gasteiger partial charge is 0.339 e. The number of benzene rings is 1. The Morgan fingerprint density at radius 3 is 2.52 bits per heavy atom. The molecular formula is C19H19N5O. The summed E-state index contributed by atoms with van der Waals surface area (Å²) in [5.41, 5.74) is 4.30. The normalized spacial score (nSPS) is 14.0. The van der Waals surface area contributed by atoms with E-state index in [0.717, 1.165) is 54.1 Å². The fourth-order valence-corrected chi connectivity index (χ4v) is 3.19. The van der Waals surface area contributed by atoms with Crippen molar-refractivity contribution in [2.75, 3.05) is 13.1 Å². The van der Waals surface area contributed by atoms with Crippen LogP contribution in [0, 0.1) is 6.92 Å². The number of nitrogens with zero attached hydrogens (tertiary/aromatic N) is 5. The van der Waals surface area contributed by atoms with Gasteiger partial charge in [-0.05, 0) is 44.0 Å². The van der Waals surface area contributed by atoms with Gasteiger partial charge in [-0.15, -0.1) is 5.10 Å². The molecule has 0 atom stereocenters. The molecule has 0 spiro atoms. The minimum absolute atomic E-state index is 0.111. The van der Waals surface area contributed by atoms with Gasteiger partial charge in [0, 0.05) is 30.4 Å². The summed E-state index contributed by atoms with van der Waals surface area (Å²) >= 11 is 0. The van der Waals surface area contributed by atoms with Crippen molar-refractivity contribution < 1.29 is 4.79 Å². The quantitative estimate of drug-likeness (QED) is 0.739. The topological polar surface area (TPSA) is 63.9 Å². The van der Waals surface area contributed by atoms with E-state index >= 15 is 0 Å². The van der Waals surface area contributed by atoms with E-state index in [1.54, 1.807) is 17.1 Å². The monoisotopic (exact) mass is 333 g/mol. The number of carbonyl (C=O) groups excluding carboxylic acids is 1. The molecule has 25 heavy (non-hydrogen) atoms. The van der Waals surface area contributed by atoms with Gasteiger partial charge in [-0.2, -0.15) is 0 Å². The SMILES string of the molecule is Cc1c(-c2ccc(C(=O)N3CCCC3)cc2)nnn1-c1cccnc1. The van der Waals surface area contributed by atoms with Gasteiger partial charge in [0.15, 0.2) is 0 Å². The van der Waals surface area contributed by atoms with E-state index in [4.69, 9.17) is 0 Å². The summed E-state index contributed by atoms with van der Waals surface area (Å²) in [6.07, 6.45) is 5.68. The van der Waals surface area contributed by atoms with Crippen LogP contribution in [0.2, 0.25) is 0 Å². The zero-order valence-corrected chi connectivity index (χ0v) is 14.1. The number of pyridine rings is 1. The van der Waals surface area contributed by atoms with Crippen LogP contribution in [0.1, 0.15) is 28.9 Å². The number of likely N-dealkylation sites (tertiary alicyclic amines) is 1. The van der Waals surface area contributed by atoms with Crippen LogP contribution in [0.5, 0.6) is 0 Å². The minimum Gasteiger partial charge on any atom is -0.339 e. The van der Waals surface area contributed by atoms with Crippen molar-refractivity contribution in [1.29, 1.82) is 0 Å². The lowest BCUT2D eigenvalue weighted by Gasteiger charge is -2.15. The molecule has 0 radical (unpaired) electrons. The highest BCUT2D eigenvalue weighted by Gasteiger charge is 2.19. The zero-order chi connectivity index (χ0) is 17.2. The highest BCUT2D eigenvalue weighted by atomic mass is 16.2. The van der Waals surface area contributed by atoms with Crippen molar-refractivity contribution in [2.24, 2.45) is 0 Å². The van der Waals surface area contributed by atoms with Gasteiger partial charge >= 0.3 is 0 Å². The average Bonchev–Trinajstić information content (AvgIpc) is 3.32. The molecule has 1 fully saturated rings. The number of hydrogen-bond donors (Lipinski definition) is 0. The van der Waals surface area contributed by atoms with Crippen LogP contribution < -0.4 is 0 Å². The predicted octanol–water partition coefficient (Wildman–Crippen LogP) is 2.87. The van der Waals surface area contributed by atoms with Crippen molar-refractivity contribution in [3.63, 3.8) is 0 Å². The Morgan fingerprint density at radius 1 is 1.08 bits per heavy atom. The van der Waals surface area contributed by atoms with Gasteiger partial charge in [0.25, 0.3) is 5.91 Å². The van der Waals surface area contributed by atoms with Crippen LogP contribution in [-0.4, -0.2) is 43.9 Å². The summed E-state index contributed by atoms with van der Waals surface area (Å²) in [6.45, 7) is 3.70. The maximum Gasteiger partial charge on any atom is 0.253 e. The highest BCUT2D eigenvalue weighted by molar-refractivity contribution is 5.94. The molecule has 3 heterocycles. The molecule has 4 rings (SSSR count). The molecule has 0 aliphatic carbocycles. The summed E-state index contributed by atoms with van der Waals surface area (Å²) in [4.78, 5) is 18.5. The van der Waals surface area contributed by atoms with Crippen molar-refractivity contribution in [1.82, 2.24) is 24.9 Å². The molecule has 3 aromatic rings. The molecule has 1 aromatic carbocycles. The molecule has 6 nitrogen and oxygen atoms in total. The lowest BCUT2D eigenvalue weighted by Crippen LogP contribution is -2.27. The average molecular weight is 333 g/mol. The smallest absolute Gasteiger partial charge is 0.253 e. The third kappa shape index (κ3) is 2.91. The molecule has 126 valence electrons. The second-order valence-corrected chi connectivity index (χ2v) is 6.22. The molecular weight excluding hydrogens is 314 g/mol. The van der Waals surface area contributed by atoms with Crippen molar-refractivity contribution in [2.45, 2.75) is 19.8 Å². The number of hydrogen-bond acceptors (Lipinski definition) is 4. The molecule has 0 unspecified atom stereocenters. The van der Waals surface area contributed by atoms with E-state index in [0.29, 0.717) is 0 Å². The van der Waals surface area contributed by atoms with Crippen molar-refractivity contribution in [3.8, 4) is 16.9 Å². The van der Waals surface area contributed by atoms with E-state index in [9.17, 15) is 4.79 Å². The number of rotatable bonds is 3. The maximum atomic E-state index is 12.4. The molecule has 1 aliphatic heterocycles. The van der Waals surface area contributed by atoms with Crippen LogP contribution in [0.25, 0.3) is 16.9 Å². The van der Waals surface area contributed by atoms with E-state index in [-0.39, 0.29) is 5.91 Å². The first-order chi connectivity index (χ1) is 12.2. The Bertz CT molecular complexity index is 880. The lowest BCUT2D eigenvalue weighted by atomic mass is 10.1. The van der Waals surface area contributed by atoms with Gasteiger partial charge < -0.3 is 4.90 Å². The van der Waals surface area contributed by atoms with Gasteiger partial charge in [-0.1, -0.05) is 17.3 Å². The highest BCUT2D eigenvalue weighted by Crippen LogP contribution is 2.23. The van der Waals surface area contributed by atoms with E-state index in [2.05, 4.69) is 15.3 Å². The summed E-state index contributed by atoms with van der Waals surface area (Å²) in [5.74, 6) is 0.111. The Kier molecular flexibility index (Phi) is 4.01. The van der Waals surface area contributed by atoms with Crippen LogP contribution >= 0.6 is 0 Å². The Hall–Kier alpha value is -3.02. The zero-order valence-electron chi connectivity index (χ0n) is 14.1. The van der Waals surface area contributed by atoms with E-state index < -0.39 is 0 Å². The van der Waals surface area contributed by atoms with Gasteiger partial charge in [-0.25, -0.2) is 4.68 Å². The van der Waals surface area contributed by atoms with Crippen LogP contribution in [-0.2, 0) is 0 Å². The maximum absolute atomic E-state index is 12.4. The number of amides is 1. The molecule has 1 saturated heterocycles. The number of carbonyl (C=O) groups is 1. The first kappa shape index (κ1) is 15.5. The number of aromatic nitrogens is 4. The minimum atomic E-state index is 0.111. The predicted molar refractivity (Wildman–Crippen MR) is 94.5 cm³/mol. The van der Waals surface area contributed by atoms with Gasteiger partial charge in [0.2, 0.25) is 0 Å². The van der Waals surface area contributed by atoms with Gasteiger partial charge in [0.05, 0.1) is 17.6 Å². The first-order valence-corrected chi connectivity index (χ1v) is 8.46. The Balaban J connectivity index is 1.60. The summed E-state index contributed by atoms with van der Waals surface area (Å²) < 4.78 is 1.77. The fraction of sp³-hybridized carbons (Fsp3) is 0.263. The summed E-state index contributed by atoms with van der Waals surface area (Å²) in [5, 5.41) is 8.54. The second-order valence-electron chi connectivity index (χ2n) is 6.22. The molecule has 0 N–H and O–H groups in total. The van der Waals surface area contributed by atoms with Gasteiger partial charge in [0.1, 0.15) is 5.69 Å². The van der Waals surface area contributed by atoms with Gasteiger partial charge in [-0.3, -0.25) is 9.78 Å². The molecule has 1 amide bonds. The molecule has 0 bridgehead atoms. The summed E-state index contributed by atoms with van der Waals surface area (Å²) in [7, 11) is 0. The third-order valence-electron chi connectivity index (χ3n) is 4.58. The lowest BCUT2D eigenvalue weighted by molar-refractivity contribution is 0.0793. The van der Waals surface area contributed by atoms with Crippen molar-refractivity contribution >= 4 is 5.91 Å². The standard InChI is InChI=1S/C19H19N5O/c1-14-18(21-22-24(14)17-5-4-10-20-13-17)15-6-8-16(9-7-15)19(25)23-11-2-3-12-23/h4-10,13H,2-3,11-12H2,1H3. The first-order valence-electron chi connectivity index (χ1n) is 8.46. The summed E-state index contributed by atoms with van der Waals surface area (Å²) in [6, 6.07) is 11.4. The van der Waals surface area contributed by atoms with E-state index in [1.807, 2.05) is 48.2 Å². The molecule has 0 saturated carbocycles. The molecule has 2 aromatic heterocycles. The Morgan fingerprint density at radius 2 is 1.84 bits per heavy atom. The van der Waals surface area contributed by atoms with Crippen LogP contribution in [0.15, 0.2) is 48.8 Å².